The van der Waals surface area contributed by atoms with Gasteiger partial charge in [-0.3, -0.25) is 81.5 Å². The molecule has 3 aromatic heterocycles. The number of methoxy groups -OCH3 is 1. The number of amides is 16. The molecule has 16 amide bonds. The predicted octanol–water partition coefficient (Wildman–Crippen LogP) is -2.50. The van der Waals surface area contributed by atoms with Crippen molar-refractivity contribution in [2.75, 3.05) is 79.0 Å². The second-order valence-electron chi connectivity index (χ2n) is 34.2. The van der Waals surface area contributed by atoms with Crippen LogP contribution >= 0.6 is 11.8 Å². The van der Waals surface area contributed by atoms with E-state index in [4.69, 9.17) is 27.7 Å². The Bertz CT molecular complexity index is 5130. The van der Waals surface area contributed by atoms with Gasteiger partial charge in [-0.05, 0) is 125 Å². The van der Waals surface area contributed by atoms with Gasteiger partial charge in [0.2, 0.25) is 94.5 Å². The van der Waals surface area contributed by atoms with Gasteiger partial charge in [-0.1, -0.05) is 88.1 Å². The number of imidazole rings is 1. The Morgan fingerprint density at radius 1 is 0.526 bits per heavy atom. The molecule has 0 aliphatic carbocycles. The summed E-state index contributed by atoms with van der Waals surface area (Å²) >= 11 is 0.818. The number of thioether (sulfide) groups is 1. The number of aliphatic hydroxyl groups is 1. The van der Waals surface area contributed by atoms with Gasteiger partial charge in [-0.15, -0.1) is 11.8 Å². The highest BCUT2D eigenvalue weighted by atomic mass is 32.2. The molecule has 44 heteroatoms. The maximum absolute atomic E-state index is 15.8. The Kier molecular flexibility index (Phi) is 40.2. The zero-order valence-corrected chi connectivity index (χ0v) is 78.0. The number of aromatic nitrogens is 4. The maximum Gasteiger partial charge on any atom is 0.303 e. The Morgan fingerprint density at radius 2 is 1.04 bits per heavy atom. The molecule has 0 bridgehead atoms. The van der Waals surface area contributed by atoms with Crippen LogP contribution in [-0.4, -0.2) is 325 Å². The van der Waals surface area contributed by atoms with Crippen molar-refractivity contribution in [3.8, 4) is 5.75 Å². The number of primary amides is 1. The summed E-state index contributed by atoms with van der Waals surface area (Å²) in [4.78, 5) is 269. The third kappa shape index (κ3) is 29.2. The minimum atomic E-state index is -1.80. The molecule has 23 N–H and O–H groups in total. The van der Waals surface area contributed by atoms with E-state index in [-0.39, 0.29) is 115 Å². The highest BCUT2D eigenvalue weighted by Gasteiger charge is 2.47. The van der Waals surface area contributed by atoms with Crippen LogP contribution in [0.1, 0.15) is 139 Å². The molecule has 0 saturated carbocycles. The number of nitrogens with zero attached hydrogens (tertiary/aromatic N) is 6. The summed E-state index contributed by atoms with van der Waals surface area (Å²) in [5.74, 6) is -16.1. The summed E-state index contributed by atoms with van der Waals surface area (Å²) in [6.07, 6.45) is 3.21. The number of benzene rings is 3. The number of ether oxygens (including phenoxy) is 1. The molecule has 6 aromatic rings. The van der Waals surface area contributed by atoms with Gasteiger partial charge >= 0.3 is 5.97 Å². The molecule has 9 rings (SSSR count). The van der Waals surface area contributed by atoms with Crippen molar-refractivity contribution in [2.24, 2.45) is 22.9 Å². The van der Waals surface area contributed by atoms with Crippen LogP contribution in [0.5, 0.6) is 5.75 Å². The third-order valence-corrected chi connectivity index (χ3v) is 25.6. The monoisotopic (exact) mass is 1900 g/mol. The highest BCUT2D eigenvalue weighted by Crippen LogP contribution is 2.28. The Balaban J connectivity index is 1.10. The van der Waals surface area contributed by atoms with Gasteiger partial charge in [0.1, 0.15) is 90.3 Å². The van der Waals surface area contributed by atoms with Crippen LogP contribution in [0, 0.1) is 0 Å². The molecule has 734 valence electrons. The summed E-state index contributed by atoms with van der Waals surface area (Å²) in [5.41, 5.74) is 27.0. The molecule has 43 nitrogen and oxygen atoms in total. The van der Waals surface area contributed by atoms with Crippen molar-refractivity contribution >= 4 is 134 Å². The average molecular weight is 1900 g/mol. The number of carbonyl (C=O) groups excluding carboxylic acids is 16. The lowest BCUT2D eigenvalue weighted by Gasteiger charge is -2.36. The first-order valence-electron chi connectivity index (χ1n) is 45.6. The fraction of sp³-hybridized carbons (Fsp3) is 0.538. The number of aliphatic carboxylic acids is 1. The number of nitrogens with two attached hydrogens (primary N) is 4. The zero-order chi connectivity index (χ0) is 98.3. The van der Waals surface area contributed by atoms with Crippen LogP contribution in [0.4, 0.5) is 0 Å². The Hall–Kier alpha value is -13.1. The summed E-state index contributed by atoms with van der Waals surface area (Å²) in [5, 5.41) is 49.8. The molecule has 3 aliphatic heterocycles. The first kappa shape index (κ1) is 106. The molecular weight excluding hydrogens is 1770 g/mol. The van der Waals surface area contributed by atoms with E-state index in [1.807, 2.05) is 13.8 Å². The lowest BCUT2D eigenvalue weighted by molar-refractivity contribution is -0.149. The number of carboxylic acids is 1. The number of carboxylic acid groups (broad SMARTS) is 1. The third-order valence-electron chi connectivity index (χ3n) is 24.5. The number of unbranched alkanes of at least 4 members (excludes halogenated alkanes) is 2. The van der Waals surface area contributed by atoms with E-state index in [1.165, 1.54) is 62.4 Å². The minimum Gasteiger partial charge on any atom is -0.497 e. The van der Waals surface area contributed by atoms with E-state index in [2.05, 4.69) is 73.1 Å². The van der Waals surface area contributed by atoms with Crippen LogP contribution in [0.15, 0.2) is 97.7 Å². The number of carbonyl (C=O) groups is 17. The van der Waals surface area contributed by atoms with E-state index in [0.717, 1.165) is 21.6 Å². The van der Waals surface area contributed by atoms with Crippen LogP contribution in [0.2, 0.25) is 0 Å². The number of nitrogens with one attached hydrogen (secondary N) is 13. The molecule has 3 fully saturated rings. The van der Waals surface area contributed by atoms with E-state index in [1.54, 1.807) is 85.2 Å². The van der Waals surface area contributed by atoms with Gasteiger partial charge in [0, 0.05) is 125 Å². The average Bonchev–Trinajstić information content (AvgIpc) is 1.68. The van der Waals surface area contributed by atoms with Gasteiger partial charge in [0.05, 0.1) is 31.8 Å². The quantitative estimate of drug-likeness (QED) is 0.0241. The topological polar surface area (TPSA) is 641 Å². The number of rotatable bonds is 28. The molecule has 0 radical (unpaired) electrons. The summed E-state index contributed by atoms with van der Waals surface area (Å²) in [6.45, 7) is 3.38. The van der Waals surface area contributed by atoms with E-state index >= 15 is 38.4 Å². The van der Waals surface area contributed by atoms with Gasteiger partial charge in [-0.25, -0.2) is 4.98 Å². The number of likely N-dealkylation sites (N-methyl/N-ethyl adjacent to an activating group) is 3. The first-order chi connectivity index (χ1) is 64.6. The van der Waals surface area contributed by atoms with Crippen LogP contribution in [-0.2, 0) is 107 Å². The number of aliphatic hydroxyl groups excluding tert-OH is 1. The SMILES string of the molecule is CCCC[C@H]1C(=O)N(C)[C@@H](CCCC)C(=O)N[C@@H](CCCN)C(=O)N[C@H](C(=O)NCC(N)=O)CSCC(=O)N[C@@H](Cc2ccc(OC)cc2)C(=O)N(C)[C@@H](C)C(=O)N[C@H](CCN)C(=O)N2CCC[C@H]2C(=O)N[C@@H](Cc2cnc[nH]2)C(=O)N[C@@H](CCC(=O)O)C(=O)N2C[C@H](O)C[C@H]2C(=O)N[C@@H](Cc2c[nH]c3ccccc23)C(=O)N[C@@H](CCN)C(=O)N[C@@H](Cc2c[nH]c3ccccc23)C(=O)N1C. The number of H-pyrrole nitrogens is 3. The molecule has 0 unspecified atom stereocenters. The molecule has 3 aromatic carbocycles. The van der Waals surface area contributed by atoms with E-state index in [9.17, 15) is 53.4 Å². The van der Waals surface area contributed by atoms with Crippen molar-refractivity contribution in [1.29, 1.82) is 0 Å². The predicted molar refractivity (Wildman–Crippen MR) is 498 cm³/mol. The molecule has 3 saturated heterocycles. The van der Waals surface area contributed by atoms with Crippen molar-refractivity contribution in [2.45, 2.75) is 233 Å². The van der Waals surface area contributed by atoms with Gasteiger partial charge in [-0.2, -0.15) is 0 Å². The first-order valence-corrected chi connectivity index (χ1v) is 46.8. The number of fused-ring (bicyclic) bond motifs is 4. The maximum atomic E-state index is 15.8. The standard InChI is InChI=1S/C91H129N23O20S/c1-8-10-23-71-84(126)103-62(22-16-34-92)80(122)109-70(79(121)99-46-75(95)116)48-135-49-76(117)101-68(38-52-26-28-57(134-7)29-27-52)87(129)110(4)51(3)78(120)104-65(33-36-94)89(131)113-37-17-25-72(113)85(127)107-67(41-55-45-96-50-100-55)83(125)105-64(30-31-77(118)119)90(132)114-47-56(115)42-74(114)86(128)106-66(39-53-43-97-60-20-14-12-18-58(53)60)82(124)102-63(32-35-93)81(123)108-69(40-54-44-98-61-21-15-13-19-59(54)61)88(130)112(6)73(24-11-9-2)91(133)111(71)5/h12-15,18-21,26-29,43-45,50-51,56,62-74,97-98,115H,8-11,16-17,22-25,30-42,46-49,92-94H2,1-7H3,(H2,95,116)(H,96,100)(H,99,121)(H,101,117)(H,102,124)(H,103,126)(H,104,120)(H,105,125)(H,106,128)(H,107,127)(H,108,123)(H,109,122)(H,118,119)/t51-,56+,62-,63-,64-,65+,66-,67-,68-,69-,70-,71-,72-,73-,74-/m0/s1. The zero-order valence-electron chi connectivity index (χ0n) is 77.1. The number of aromatic amines is 3. The van der Waals surface area contributed by atoms with Gasteiger partial charge < -0.3 is 131 Å². The highest BCUT2D eigenvalue weighted by molar-refractivity contribution is 8.00. The molecule has 0 spiro atoms. The van der Waals surface area contributed by atoms with Crippen molar-refractivity contribution in [3.05, 3.63) is 120 Å². The van der Waals surface area contributed by atoms with Crippen molar-refractivity contribution in [3.63, 3.8) is 0 Å². The lowest BCUT2D eigenvalue weighted by Crippen LogP contribution is -2.61. The van der Waals surface area contributed by atoms with Crippen molar-refractivity contribution in [1.82, 2.24) is 97.6 Å². The lowest BCUT2D eigenvalue weighted by atomic mass is 9.99. The second kappa shape index (κ2) is 51.4. The largest absolute Gasteiger partial charge is 0.497 e. The van der Waals surface area contributed by atoms with Gasteiger partial charge in [0.25, 0.3) is 0 Å². The molecule has 15 atom stereocenters. The summed E-state index contributed by atoms with van der Waals surface area (Å²) < 4.78 is 5.36. The number of para-hydroxylation sites is 2. The molecule has 135 heavy (non-hydrogen) atoms. The summed E-state index contributed by atoms with van der Waals surface area (Å²) in [7, 11) is 5.50. The fourth-order valence-corrected chi connectivity index (χ4v) is 17.7. The molecule has 3 aliphatic rings. The smallest absolute Gasteiger partial charge is 0.303 e. The summed E-state index contributed by atoms with van der Waals surface area (Å²) in [6, 6.07) is -0.372. The van der Waals surface area contributed by atoms with E-state index in [0.29, 0.717) is 69.9 Å². The normalized spacial score (nSPS) is 24.8. The minimum absolute atomic E-state index is 0.0162. The Morgan fingerprint density at radius 3 is 1.64 bits per heavy atom. The molecular formula is C91H129N23O20S. The number of hydrogen-bond donors (Lipinski definition) is 19. The number of hydrogen-bond acceptors (Lipinski definition) is 24. The van der Waals surface area contributed by atoms with Gasteiger partial charge in [0.15, 0.2) is 0 Å². The van der Waals surface area contributed by atoms with E-state index < -0.39 is 229 Å². The second-order valence-corrected chi connectivity index (χ2v) is 35.2. The Labute approximate surface area is 785 Å². The van der Waals surface area contributed by atoms with Crippen molar-refractivity contribution < 1.29 is 96.5 Å². The molecule has 6 heterocycles. The van der Waals surface area contributed by atoms with Crippen LogP contribution < -0.4 is 80.8 Å². The van der Waals surface area contributed by atoms with Crippen LogP contribution in [0.3, 0.4) is 0 Å². The van der Waals surface area contributed by atoms with Crippen LogP contribution in [0.25, 0.3) is 21.8 Å². The fourth-order valence-electron chi connectivity index (χ4n) is 16.8.